The minimum atomic E-state index is -0.833. The third kappa shape index (κ3) is 3.93. The molecule has 0 aliphatic carbocycles. The molecule has 0 unspecified atom stereocenters. The number of pyridine rings is 1. The number of carbonyl (C=O) groups excluding carboxylic acids is 1. The number of hydrogen-bond donors (Lipinski definition) is 2. The number of hydrogen-bond acceptors (Lipinski definition) is 6. The van der Waals surface area contributed by atoms with Crippen LogP contribution in [0.4, 0.5) is 4.39 Å². The number of benzene rings is 1. The van der Waals surface area contributed by atoms with Gasteiger partial charge >= 0.3 is 0 Å². The van der Waals surface area contributed by atoms with Gasteiger partial charge in [0.05, 0.1) is 11.9 Å². The topological polar surface area (TPSA) is 101 Å². The van der Waals surface area contributed by atoms with Gasteiger partial charge in [-0.15, -0.1) is 0 Å². The molecule has 174 valence electrons. The van der Waals surface area contributed by atoms with Gasteiger partial charge in [0.2, 0.25) is 0 Å². The van der Waals surface area contributed by atoms with Gasteiger partial charge in [0.25, 0.3) is 5.91 Å². The molecule has 3 atom stereocenters. The van der Waals surface area contributed by atoms with E-state index in [0.29, 0.717) is 6.42 Å². The summed E-state index contributed by atoms with van der Waals surface area (Å²) in [5.41, 5.74) is 10.3. The Kier molecular flexibility index (Phi) is 5.59. The van der Waals surface area contributed by atoms with Crippen molar-refractivity contribution < 1.29 is 9.18 Å². The smallest absolute Gasteiger partial charge is 0.271 e. The van der Waals surface area contributed by atoms with Crippen LogP contribution in [-0.4, -0.2) is 49.4 Å². The predicted octanol–water partition coefficient (Wildman–Crippen LogP) is 2.82. The number of aromatic nitrogens is 4. The number of fused-ring (bicyclic) bond motifs is 1. The number of nitrogens with zero attached hydrogens (tertiary/aromatic N) is 5. The number of likely N-dealkylation sites (N-methyl/N-ethyl adjacent to an activating group) is 1. The average molecular weight is 460 g/mol. The minimum Gasteiger partial charge on any atom is -0.347 e. The van der Waals surface area contributed by atoms with E-state index in [2.05, 4.69) is 41.8 Å². The molecule has 5 rings (SSSR count). The summed E-state index contributed by atoms with van der Waals surface area (Å²) in [7, 11) is 1.97. The molecule has 1 aliphatic rings. The standard InChI is InChI=1S/C25H26FN7O/c1-16-12-30-22-8-5-18(14-33(16)22)23-20(17-3-6-19(26)7-4-17)11-25(27,32(23)2)15-31-24(34)21-13-28-9-10-29-21/h3-10,12-14,20,23H,11,15,27H2,1-2H3,(H,31,34)/t20-,23+,25-/m0/s1. The molecule has 0 spiro atoms. The molecule has 0 radical (unpaired) electrons. The van der Waals surface area contributed by atoms with Crippen molar-refractivity contribution in [2.45, 2.75) is 31.0 Å². The fraction of sp³-hybridized carbons (Fsp3) is 0.280. The third-order valence-corrected chi connectivity index (χ3v) is 6.78. The number of carbonyl (C=O) groups is 1. The van der Waals surface area contributed by atoms with Crippen molar-refractivity contribution in [3.8, 4) is 0 Å². The van der Waals surface area contributed by atoms with Gasteiger partial charge in [0.15, 0.2) is 0 Å². The first kappa shape index (κ1) is 22.1. The molecule has 1 aliphatic heterocycles. The zero-order valence-corrected chi connectivity index (χ0v) is 19.0. The van der Waals surface area contributed by atoms with Gasteiger partial charge in [-0.2, -0.15) is 0 Å². The Balaban J connectivity index is 1.49. The highest BCUT2D eigenvalue weighted by atomic mass is 19.1. The number of halogens is 1. The molecule has 1 amide bonds. The quantitative estimate of drug-likeness (QED) is 0.476. The highest BCUT2D eigenvalue weighted by Gasteiger charge is 2.48. The Labute approximate surface area is 196 Å². The molecule has 4 aromatic rings. The lowest BCUT2D eigenvalue weighted by atomic mass is 9.86. The summed E-state index contributed by atoms with van der Waals surface area (Å²) >= 11 is 0. The second kappa shape index (κ2) is 8.58. The summed E-state index contributed by atoms with van der Waals surface area (Å²) in [4.78, 5) is 27.1. The molecule has 0 bridgehead atoms. The third-order valence-electron chi connectivity index (χ3n) is 6.78. The zero-order valence-electron chi connectivity index (χ0n) is 19.0. The average Bonchev–Trinajstić information content (AvgIpc) is 3.35. The Hall–Kier alpha value is -3.69. The summed E-state index contributed by atoms with van der Waals surface area (Å²) in [5, 5.41) is 2.92. The van der Waals surface area contributed by atoms with Gasteiger partial charge in [-0.3, -0.25) is 14.7 Å². The highest BCUT2D eigenvalue weighted by molar-refractivity contribution is 5.91. The maximum absolute atomic E-state index is 13.7. The minimum absolute atomic E-state index is 0.00898. The van der Waals surface area contributed by atoms with Crippen molar-refractivity contribution in [2.24, 2.45) is 5.73 Å². The van der Waals surface area contributed by atoms with Crippen LogP contribution < -0.4 is 11.1 Å². The Morgan fingerprint density at radius 3 is 2.65 bits per heavy atom. The van der Waals surface area contributed by atoms with Crippen LogP contribution in [0.25, 0.3) is 5.65 Å². The van der Waals surface area contributed by atoms with E-state index in [1.54, 1.807) is 0 Å². The van der Waals surface area contributed by atoms with Gasteiger partial charge in [0, 0.05) is 49.0 Å². The number of nitrogens with one attached hydrogen (secondary N) is 1. The van der Waals surface area contributed by atoms with Crippen molar-refractivity contribution in [1.29, 1.82) is 0 Å². The van der Waals surface area contributed by atoms with E-state index in [1.807, 2.05) is 38.4 Å². The maximum atomic E-state index is 13.7. The molecule has 0 saturated carbocycles. The molecule has 3 aromatic heterocycles. The lowest BCUT2D eigenvalue weighted by Crippen LogP contribution is -2.57. The van der Waals surface area contributed by atoms with Gasteiger partial charge in [-0.25, -0.2) is 14.4 Å². The molecule has 4 heterocycles. The lowest BCUT2D eigenvalue weighted by molar-refractivity contribution is 0.0883. The Morgan fingerprint density at radius 2 is 1.91 bits per heavy atom. The van der Waals surface area contributed by atoms with E-state index in [9.17, 15) is 9.18 Å². The monoisotopic (exact) mass is 459 g/mol. The normalized spacial score (nSPS) is 22.8. The second-order valence-electron chi connectivity index (χ2n) is 8.89. The molecule has 34 heavy (non-hydrogen) atoms. The van der Waals surface area contributed by atoms with Crippen LogP contribution in [0.5, 0.6) is 0 Å². The number of aryl methyl sites for hydroxylation is 1. The predicted molar refractivity (Wildman–Crippen MR) is 125 cm³/mol. The van der Waals surface area contributed by atoms with Crippen LogP contribution in [0, 0.1) is 12.7 Å². The van der Waals surface area contributed by atoms with Gasteiger partial charge < -0.3 is 15.5 Å². The van der Waals surface area contributed by atoms with Crippen molar-refractivity contribution >= 4 is 11.6 Å². The zero-order chi connectivity index (χ0) is 23.9. The highest BCUT2D eigenvalue weighted by Crippen LogP contribution is 2.48. The van der Waals surface area contributed by atoms with Crippen molar-refractivity contribution in [3.05, 3.63) is 95.7 Å². The molecule has 8 nitrogen and oxygen atoms in total. The number of nitrogens with two attached hydrogens (primary N) is 1. The summed E-state index contributed by atoms with van der Waals surface area (Å²) in [6, 6.07) is 10.5. The van der Waals surface area contributed by atoms with Crippen molar-refractivity contribution in [2.75, 3.05) is 13.6 Å². The van der Waals surface area contributed by atoms with E-state index in [1.165, 1.54) is 30.7 Å². The summed E-state index contributed by atoms with van der Waals surface area (Å²) in [5.74, 6) is -0.619. The first-order chi connectivity index (χ1) is 16.4. The van der Waals surface area contributed by atoms with Crippen LogP contribution in [0.15, 0.2) is 67.4 Å². The second-order valence-corrected chi connectivity index (χ2v) is 8.89. The lowest BCUT2D eigenvalue weighted by Gasteiger charge is -2.35. The molecule has 1 aromatic carbocycles. The fourth-order valence-corrected chi connectivity index (χ4v) is 4.88. The SMILES string of the molecule is Cc1cnc2ccc([C@@H]3[C@H](c4ccc(F)cc4)C[C@@](N)(CNC(=O)c4cnccn4)N3C)cn12. The summed E-state index contributed by atoms with van der Waals surface area (Å²) < 4.78 is 15.7. The van der Waals surface area contributed by atoms with E-state index in [4.69, 9.17) is 5.73 Å². The number of imidazole rings is 1. The van der Waals surface area contributed by atoms with Crippen LogP contribution >= 0.6 is 0 Å². The molecule has 9 heteroatoms. The molecule has 3 N–H and O–H groups in total. The van der Waals surface area contributed by atoms with Gasteiger partial charge in [-0.1, -0.05) is 18.2 Å². The number of amides is 1. The molecule has 1 fully saturated rings. The molecular weight excluding hydrogens is 433 g/mol. The van der Waals surface area contributed by atoms with Crippen molar-refractivity contribution in [3.63, 3.8) is 0 Å². The summed E-state index contributed by atoms with van der Waals surface area (Å²) in [6.07, 6.45) is 8.90. The number of likely N-dealkylation sites (tertiary alicyclic amines) is 1. The maximum Gasteiger partial charge on any atom is 0.271 e. The van der Waals surface area contributed by atoms with Crippen molar-refractivity contribution in [1.82, 2.24) is 29.6 Å². The van der Waals surface area contributed by atoms with Crippen LogP contribution in [0.1, 0.15) is 45.7 Å². The molecular formula is C25H26FN7O. The van der Waals surface area contributed by atoms with Crippen LogP contribution in [-0.2, 0) is 0 Å². The fourth-order valence-electron chi connectivity index (χ4n) is 4.88. The largest absolute Gasteiger partial charge is 0.347 e. The van der Waals surface area contributed by atoms with E-state index >= 15 is 0 Å². The van der Waals surface area contributed by atoms with E-state index in [-0.39, 0.29) is 35.9 Å². The van der Waals surface area contributed by atoms with E-state index in [0.717, 1.165) is 22.5 Å². The Morgan fingerprint density at radius 1 is 1.15 bits per heavy atom. The number of rotatable bonds is 5. The van der Waals surface area contributed by atoms with E-state index < -0.39 is 5.66 Å². The van der Waals surface area contributed by atoms with Gasteiger partial charge in [-0.05, 0) is 49.7 Å². The van der Waals surface area contributed by atoms with Crippen LogP contribution in [0.2, 0.25) is 0 Å². The first-order valence-electron chi connectivity index (χ1n) is 11.1. The molecule has 1 saturated heterocycles. The summed E-state index contributed by atoms with van der Waals surface area (Å²) in [6.45, 7) is 2.23. The first-order valence-corrected chi connectivity index (χ1v) is 11.1. The van der Waals surface area contributed by atoms with Gasteiger partial charge in [0.1, 0.15) is 17.2 Å². The van der Waals surface area contributed by atoms with Crippen LogP contribution in [0.3, 0.4) is 0 Å². The Bertz CT molecular complexity index is 1320.